The first-order chi connectivity index (χ1) is 6.81. The van der Waals surface area contributed by atoms with Crippen LogP contribution >= 0.6 is 11.6 Å². The minimum atomic E-state index is 0.556. The second kappa shape index (κ2) is 4.20. The van der Waals surface area contributed by atoms with Crippen molar-refractivity contribution in [3.05, 3.63) is 28.8 Å². The maximum Gasteiger partial charge on any atom is 0.124 e. The molecule has 1 unspecified atom stereocenters. The van der Waals surface area contributed by atoms with Gasteiger partial charge in [0.15, 0.2) is 0 Å². The molecule has 1 N–H and O–H groups in total. The minimum Gasteiger partial charge on any atom is -0.493 e. The maximum atomic E-state index is 5.91. The summed E-state index contributed by atoms with van der Waals surface area (Å²) in [7, 11) is 1.98. The van der Waals surface area contributed by atoms with Crippen LogP contribution in [0.2, 0.25) is 5.02 Å². The monoisotopic (exact) mass is 211 g/mol. The Balaban J connectivity index is 2.30. The fourth-order valence-electron chi connectivity index (χ4n) is 1.90. The van der Waals surface area contributed by atoms with Gasteiger partial charge in [-0.3, -0.25) is 0 Å². The summed E-state index contributed by atoms with van der Waals surface area (Å²) in [6.45, 7) is 1.79. The molecule has 0 spiro atoms. The molecule has 0 saturated heterocycles. The molecule has 1 aromatic rings. The van der Waals surface area contributed by atoms with Gasteiger partial charge in [-0.15, -0.1) is 0 Å². The molecular formula is C11H14ClNO. The molecule has 0 bridgehead atoms. The quantitative estimate of drug-likeness (QED) is 0.812. The zero-order valence-corrected chi connectivity index (χ0v) is 8.97. The number of fused-ring (bicyclic) bond motifs is 1. The largest absolute Gasteiger partial charge is 0.493 e. The smallest absolute Gasteiger partial charge is 0.124 e. The number of rotatable bonds is 2. The van der Waals surface area contributed by atoms with E-state index in [9.17, 15) is 0 Å². The minimum absolute atomic E-state index is 0.556. The second-order valence-electron chi connectivity index (χ2n) is 3.57. The predicted molar refractivity (Wildman–Crippen MR) is 58.2 cm³/mol. The van der Waals surface area contributed by atoms with Crippen LogP contribution in [-0.2, 0) is 0 Å². The summed E-state index contributed by atoms with van der Waals surface area (Å²) < 4.78 is 5.57. The molecule has 3 heteroatoms. The zero-order valence-electron chi connectivity index (χ0n) is 8.22. The molecule has 0 radical (unpaired) electrons. The van der Waals surface area contributed by atoms with Crippen LogP contribution in [0.3, 0.4) is 0 Å². The molecule has 2 nitrogen and oxygen atoms in total. The van der Waals surface area contributed by atoms with Crippen LogP contribution in [0.4, 0.5) is 0 Å². The van der Waals surface area contributed by atoms with Crippen LogP contribution in [0, 0.1) is 0 Å². The summed E-state index contributed by atoms with van der Waals surface area (Å²) in [6.07, 6.45) is 1.08. The SMILES string of the molecule is CNCC1CCOc2cc(Cl)ccc21. The van der Waals surface area contributed by atoms with Crippen molar-refractivity contribution in [1.29, 1.82) is 0 Å². The van der Waals surface area contributed by atoms with Gasteiger partial charge < -0.3 is 10.1 Å². The highest BCUT2D eigenvalue weighted by atomic mass is 35.5. The van der Waals surface area contributed by atoms with Gasteiger partial charge in [0.05, 0.1) is 6.61 Å². The molecule has 0 saturated carbocycles. The van der Waals surface area contributed by atoms with Gasteiger partial charge in [0, 0.05) is 17.5 Å². The Morgan fingerprint density at radius 1 is 1.57 bits per heavy atom. The average molecular weight is 212 g/mol. The average Bonchev–Trinajstić information content (AvgIpc) is 2.18. The normalized spacial score (nSPS) is 20.0. The third-order valence-corrected chi connectivity index (χ3v) is 2.82. The molecule has 0 fully saturated rings. The Bertz CT molecular complexity index is 327. The van der Waals surface area contributed by atoms with E-state index in [0.29, 0.717) is 5.92 Å². The van der Waals surface area contributed by atoms with Crippen molar-refractivity contribution in [3.63, 3.8) is 0 Å². The molecule has 1 atom stereocenters. The van der Waals surface area contributed by atoms with Crippen molar-refractivity contribution in [1.82, 2.24) is 5.32 Å². The van der Waals surface area contributed by atoms with Crippen molar-refractivity contribution >= 4 is 11.6 Å². The van der Waals surface area contributed by atoms with E-state index in [1.54, 1.807) is 0 Å². The third kappa shape index (κ3) is 1.86. The lowest BCUT2D eigenvalue weighted by molar-refractivity contribution is 0.266. The van der Waals surface area contributed by atoms with Gasteiger partial charge in [0.2, 0.25) is 0 Å². The van der Waals surface area contributed by atoms with Crippen LogP contribution in [0.15, 0.2) is 18.2 Å². The molecule has 1 aromatic carbocycles. The Morgan fingerprint density at radius 2 is 2.43 bits per heavy atom. The topological polar surface area (TPSA) is 21.3 Å². The summed E-state index contributed by atoms with van der Waals surface area (Å²) in [5.74, 6) is 1.50. The molecule has 1 heterocycles. The molecule has 76 valence electrons. The lowest BCUT2D eigenvalue weighted by Gasteiger charge is -2.25. The number of benzene rings is 1. The fourth-order valence-corrected chi connectivity index (χ4v) is 2.06. The van der Waals surface area contributed by atoms with Crippen LogP contribution in [0.25, 0.3) is 0 Å². The molecule has 0 amide bonds. The van der Waals surface area contributed by atoms with E-state index in [1.165, 1.54) is 5.56 Å². The predicted octanol–water partition coefficient (Wildman–Crippen LogP) is 2.43. The van der Waals surface area contributed by atoms with Gasteiger partial charge in [-0.25, -0.2) is 0 Å². The maximum absolute atomic E-state index is 5.91. The summed E-state index contributed by atoms with van der Waals surface area (Å²) in [6, 6.07) is 5.90. The molecule has 1 aliphatic heterocycles. The van der Waals surface area contributed by atoms with Crippen LogP contribution in [-0.4, -0.2) is 20.2 Å². The lowest BCUT2D eigenvalue weighted by Crippen LogP contribution is -2.23. The van der Waals surface area contributed by atoms with E-state index in [2.05, 4.69) is 11.4 Å². The van der Waals surface area contributed by atoms with E-state index in [4.69, 9.17) is 16.3 Å². The van der Waals surface area contributed by atoms with Gasteiger partial charge in [-0.2, -0.15) is 0 Å². The number of hydrogen-bond donors (Lipinski definition) is 1. The first-order valence-electron chi connectivity index (χ1n) is 4.88. The molecule has 2 rings (SSSR count). The van der Waals surface area contributed by atoms with Gasteiger partial charge in [-0.1, -0.05) is 17.7 Å². The number of likely N-dealkylation sites (N-methyl/N-ethyl adjacent to an activating group) is 1. The van der Waals surface area contributed by atoms with Crippen molar-refractivity contribution in [2.45, 2.75) is 12.3 Å². The van der Waals surface area contributed by atoms with E-state index in [0.717, 1.165) is 30.3 Å². The van der Waals surface area contributed by atoms with Crippen LogP contribution in [0.5, 0.6) is 5.75 Å². The Kier molecular flexibility index (Phi) is 2.94. The van der Waals surface area contributed by atoms with E-state index in [-0.39, 0.29) is 0 Å². The number of ether oxygens (including phenoxy) is 1. The van der Waals surface area contributed by atoms with Gasteiger partial charge in [-0.05, 0) is 31.2 Å². The molecule has 14 heavy (non-hydrogen) atoms. The highest BCUT2D eigenvalue weighted by molar-refractivity contribution is 6.30. The lowest BCUT2D eigenvalue weighted by atomic mass is 9.93. The third-order valence-electron chi connectivity index (χ3n) is 2.59. The first kappa shape index (κ1) is 9.81. The van der Waals surface area contributed by atoms with Crippen molar-refractivity contribution in [2.24, 2.45) is 0 Å². The molecule has 0 aliphatic carbocycles. The van der Waals surface area contributed by atoms with E-state index >= 15 is 0 Å². The zero-order chi connectivity index (χ0) is 9.97. The van der Waals surface area contributed by atoms with Crippen molar-refractivity contribution < 1.29 is 4.74 Å². The Morgan fingerprint density at radius 3 is 3.21 bits per heavy atom. The summed E-state index contributed by atoms with van der Waals surface area (Å²) in [5, 5.41) is 3.95. The van der Waals surface area contributed by atoms with Crippen LogP contribution in [0.1, 0.15) is 17.9 Å². The van der Waals surface area contributed by atoms with Crippen molar-refractivity contribution in [2.75, 3.05) is 20.2 Å². The Labute approximate surface area is 89.2 Å². The Hall–Kier alpha value is -0.730. The second-order valence-corrected chi connectivity index (χ2v) is 4.01. The number of hydrogen-bond acceptors (Lipinski definition) is 2. The van der Waals surface area contributed by atoms with Crippen molar-refractivity contribution in [3.8, 4) is 5.75 Å². The molecule has 1 aliphatic rings. The van der Waals surface area contributed by atoms with Gasteiger partial charge >= 0.3 is 0 Å². The summed E-state index contributed by atoms with van der Waals surface area (Å²) in [5.41, 5.74) is 1.27. The highest BCUT2D eigenvalue weighted by Crippen LogP contribution is 2.34. The highest BCUT2D eigenvalue weighted by Gasteiger charge is 2.20. The van der Waals surface area contributed by atoms with E-state index in [1.807, 2.05) is 19.2 Å². The van der Waals surface area contributed by atoms with Gasteiger partial charge in [0.25, 0.3) is 0 Å². The standard InChI is InChI=1S/C11H14ClNO/c1-13-7-8-4-5-14-11-6-9(12)2-3-10(8)11/h2-3,6,8,13H,4-5,7H2,1H3. The van der Waals surface area contributed by atoms with Crippen LogP contribution < -0.4 is 10.1 Å². The fraction of sp³-hybridized carbons (Fsp3) is 0.455. The first-order valence-corrected chi connectivity index (χ1v) is 5.26. The summed E-state index contributed by atoms with van der Waals surface area (Å²) in [4.78, 5) is 0. The molecular weight excluding hydrogens is 198 g/mol. The number of halogens is 1. The summed E-state index contributed by atoms with van der Waals surface area (Å²) >= 11 is 5.91. The van der Waals surface area contributed by atoms with E-state index < -0.39 is 0 Å². The van der Waals surface area contributed by atoms with Gasteiger partial charge in [0.1, 0.15) is 5.75 Å². The number of nitrogens with one attached hydrogen (secondary N) is 1. The molecule has 0 aromatic heterocycles.